The van der Waals surface area contributed by atoms with Crippen LogP contribution in [0, 0.1) is 10.1 Å². The number of thioether (sulfide) groups is 1. The van der Waals surface area contributed by atoms with Gasteiger partial charge < -0.3 is 19.9 Å². The van der Waals surface area contributed by atoms with Crippen LogP contribution in [0.1, 0.15) is 18.4 Å². The second-order valence-corrected chi connectivity index (χ2v) is 8.73. The molecule has 0 saturated carbocycles. The Labute approximate surface area is 204 Å². The fourth-order valence-corrected chi connectivity index (χ4v) is 4.44. The maximum Gasteiger partial charge on any atom is 0.271 e. The van der Waals surface area contributed by atoms with Crippen LogP contribution in [0.5, 0.6) is 17.2 Å². The first-order valence-corrected chi connectivity index (χ1v) is 11.2. The topological polar surface area (TPSA) is 131 Å². The van der Waals surface area contributed by atoms with E-state index in [1.807, 2.05) is 0 Å². The van der Waals surface area contributed by atoms with Gasteiger partial charge in [-0.1, -0.05) is 30.0 Å². The second-order valence-electron chi connectivity index (χ2n) is 7.06. The molecule has 1 heterocycles. The summed E-state index contributed by atoms with van der Waals surface area (Å²) in [7, 11) is 3.06. The van der Waals surface area contributed by atoms with E-state index in [4.69, 9.17) is 21.7 Å². The molecule has 0 aliphatic carbocycles. The minimum absolute atomic E-state index is 0.0217. The van der Waals surface area contributed by atoms with Crippen LogP contribution >= 0.6 is 24.0 Å². The molecule has 10 nitrogen and oxygen atoms in total. The SMILES string of the molecule is COc1ccc(C=C2SC(=S)N(CCCC(=O)Nc3cc([N+](=O)[O-])ccc3O)C2=O)cc1OC. The molecule has 0 unspecified atom stereocenters. The lowest BCUT2D eigenvalue weighted by Gasteiger charge is -2.14. The molecule has 0 spiro atoms. The van der Waals surface area contributed by atoms with Crippen molar-refractivity contribution in [3.63, 3.8) is 0 Å². The molecule has 0 aromatic heterocycles. The average molecular weight is 504 g/mol. The predicted octanol–water partition coefficient (Wildman–Crippen LogP) is 3.94. The standard InChI is InChI=1S/C22H21N3O7S2/c1-31-17-8-5-13(10-18(17)32-2)11-19-21(28)24(22(33)34-19)9-3-4-20(27)23-15-12-14(25(29)30)6-7-16(15)26/h5-8,10-12,26H,3-4,9H2,1-2H3,(H,23,27). The van der Waals surface area contributed by atoms with Gasteiger partial charge in [0.25, 0.3) is 11.6 Å². The van der Waals surface area contributed by atoms with E-state index in [1.165, 1.54) is 30.9 Å². The van der Waals surface area contributed by atoms with Gasteiger partial charge >= 0.3 is 0 Å². The zero-order valence-corrected chi connectivity index (χ0v) is 19.9. The quantitative estimate of drug-likeness (QED) is 0.172. The number of thiocarbonyl (C=S) groups is 1. The summed E-state index contributed by atoms with van der Waals surface area (Å²) >= 11 is 6.49. The van der Waals surface area contributed by atoms with Gasteiger partial charge in [0, 0.05) is 25.1 Å². The number of phenols is 1. The van der Waals surface area contributed by atoms with Gasteiger partial charge in [-0.25, -0.2) is 0 Å². The molecule has 34 heavy (non-hydrogen) atoms. The Balaban J connectivity index is 1.59. The van der Waals surface area contributed by atoms with Gasteiger partial charge in [0.15, 0.2) is 11.5 Å². The summed E-state index contributed by atoms with van der Waals surface area (Å²) in [5, 5.41) is 23.1. The Kier molecular flexibility index (Phi) is 8.08. The number of hydrogen-bond donors (Lipinski definition) is 2. The third kappa shape index (κ3) is 5.83. The zero-order chi connectivity index (χ0) is 24.8. The van der Waals surface area contributed by atoms with E-state index in [0.717, 1.165) is 23.8 Å². The van der Waals surface area contributed by atoms with Crippen LogP contribution in [0.4, 0.5) is 11.4 Å². The molecule has 3 rings (SSSR count). The Morgan fingerprint density at radius 2 is 1.97 bits per heavy atom. The van der Waals surface area contributed by atoms with Crippen molar-refractivity contribution in [1.82, 2.24) is 4.90 Å². The van der Waals surface area contributed by atoms with E-state index in [9.17, 15) is 24.8 Å². The van der Waals surface area contributed by atoms with Crippen molar-refractivity contribution in [3.8, 4) is 17.2 Å². The highest BCUT2D eigenvalue weighted by Crippen LogP contribution is 2.35. The molecular weight excluding hydrogens is 482 g/mol. The normalized spacial score (nSPS) is 14.4. The molecule has 1 saturated heterocycles. The van der Waals surface area contributed by atoms with E-state index in [-0.39, 0.29) is 36.0 Å². The zero-order valence-electron chi connectivity index (χ0n) is 18.3. The molecule has 2 N–H and O–H groups in total. The van der Waals surface area contributed by atoms with E-state index in [1.54, 1.807) is 24.3 Å². The minimum atomic E-state index is -0.625. The smallest absolute Gasteiger partial charge is 0.271 e. The Morgan fingerprint density at radius 1 is 1.24 bits per heavy atom. The van der Waals surface area contributed by atoms with Crippen molar-refractivity contribution in [1.29, 1.82) is 0 Å². The lowest BCUT2D eigenvalue weighted by Crippen LogP contribution is -2.29. The summed E-state index contributed by atoms with van der Waals surface area (Å²) < 4.78 is 10.9. The molecule has 1 aliphatic heterocycles. The third-order valence-electron chi connectivity index (χ3n) is 4.83. The number of nitrogens with zero attached hydrogens (tertiary/aromatic N) is 2. The van der Waals surface area contributed by atoms with Crippen molar-refractivity contribution in [2.75, 3.05) is 26.1 Å². The number of nitrogens with one attached hydrogen (secondary N) is 1. The molecule has 12 heteroatoms. The fraction of sp³-hybridized carbons (Fsp3) is 0.227. The molecule has 2 aromatic rings. The van der Waals surface area contributed by atoms with Gasteiger partial charge in [0.05, 0.1) is 29.7 Å². The molecule has 1 fully saturated rings. The number of benzene rings is 2. The third-order valence-corrected chi connectivity index (χ3v) is 6.21. The first-order valence-electron chi connectivity index (χ1n) is 9.98. The highest BCUT2D eigenvalue weighted by Gasteiger charge is 2.31. The first kappa shape index (κ1) is 25.0. The van der Waals surface area contributed by atoms with Crippen LogP contribution < -0.4 is 14.8 Å². The molecule has 0 bridgehead atoms. The summed E-state index contributed by atoms with van der Waals surface area (Å²) in [4.78, 5) is 37.2. The van der Waals surface area contributed by atoms with Gasteiger partial charge in [-0.15, -0.1) is 0 Å². The lowest BCUT2D eigenvalue weighted by atomic mass is 10.2. The van der Waals surface area contributed by atoms with Crippen LogP contribution in [0.25, 0.3) is 6.08 Å². The van der Waals surface area contributed by atoms with E-state index in [0.29, 0.717) is 27.1 Å². The summed E-state index contributed by atoms with van der Waals surface area (Å²) in [6.07, 6.45) is 2.03. The second kappa shape index (κ2) is 11.0. The van der Waals surface area contributed by atoms with E-state index >= 15 is 0 Å². The van der Waals surface area contributed by atoms with Crippen molar-refractivity contribution < 1.29 is 29.1 Å². The number of rotatable bonds is 9. The number of nitro benzene ring substituents is 1. The first-order chi connectivity index (χ1) is 16.2. The lowest BCUT2D eigenvalue weighted by molar-refractivity contribution is -0.384. The maximum absolute atomic E-state index is 12.8. The van der Waals surface area contributed by atoms with Crippen LogP contribution in [0.3, 0.4) is 0 Å². The van der Waals surface area contributed by atoms with Gasteiger partial charge in [-0.2, -0.15) is 0 Å². The summed E-state index contributed by atoms with van der Waals surface area (Å²) in [5.41, 5.74) is 0.434. The van der Waals surface area contributed by atoms with Crippen molar-refractivity contribution >= 4 is 57.6 Å². The number of methoxy groups -OCH3 is 2. The van der Waals surface area contributed by atoms with Crippen molar-refractivity contribution in [2.45, 2.75) is 12.8 Å². The predicted molar refractivity (Wildman–Crippen MR) is 132 cm³/mol. The number of carbonyl (C=O) groups excluding carboxylic acids is 2. The Morgan fingerprint density at radius 3 is 2.65 bits per heavy atom. The van der Waals surface area contributed by atoms with Crippen LogP contribution in [-0.2, 0) is 9.59 Å². The van der Waals surface area contributed by atoms with Gasteiger partial charge in [-0.3, -0.25) is 24.6 Å². The molecule has 2 aromatic carbocycles. The molecular formula is C22H21N3O7S2. The monoisotopic (exact) mass is 503 g/mol. The summed E-state index contributed by atoms with van der Waals surface area (Å²) in [6.45, 7) is 0.224. The number of carbonyl (C=O) groups is 2. The average Bonchev–Trinajstić information content (AvgIpc) is 3.07. The molecule has 0 atom stereocenters. The summed E-state index contributed by atoms with van der Waals surface area (Å²) in [5.74, 6) is 0.108. The molecule has 0 radical (unpaired) electrons. The highest BCUT2D eigenvalue weighted by molar-refractivity contribution is 8.26. The van der Waals surface area contributed by atoms with Crippen LogP contribution in [0.2, 0.25) is 0 Å². The Hall–Kier alpha value is -3.64. The van der Waals surface area contributed by atoms with Crippen LogP contribution in [0.15, 0.2) is 41.3 Å². The van der Waals surface area contributed by atoms with E-state index < -0.39 is 10.8 Å². The number of ether oxygens (including phenoxy) is 2. The molecule has 1 aliphatic rings. The number of hydrogen-bond acceptors (Lipinski definition) is 9. The molecule has 2 amide bonds. The Bertz CT molecular complexity index is 1180. The molecule has 178 valence electrons. The fourth-order valence-electron chi connectivity index (χ4n) is 3.13. The number of nitro groups is 1. The number of aromatic hydroxyl groups is 1. The summed E-state index contributed by atoms with van der Waals surface area (Å²) in [6, 6.07) is 8.63. The maximum atomic E-state index is 12.8. The number of non-ortho nitro benzene ring substituents is 1. The van der Waals surface area contributed by atoms with Crippen LogP contribution in [-0.4, -0.2) is 51.8 Å². The van der Waals surface area contributed by atoms with Crippen molar-refractivity contribution in [2.24, 2.45) is 0 Å². The minimum Gasteiger partial charge on any atom is -0.506 e. The number of amides is 2. The van der Waals surface area contributed by atoms with E-state index in [2.05, 4.69) is 5.32 Å². The van der Waals surface area contributed by atoms with Crippen molar-refractivity contribution in [3.05, 3.63) is 57.0 Å². The highest BCUT2D eigenvalue weighted by atomic mass is 32.2. The van der Waals surface area contributed by atoms with Gasteiger partial charge in [0.1, 0.15) is 10.1 Å². The largest absolute Gasteiger partial charge is 0.506 e. The number of phenolic OH excluding ortho intramolecular Hbond substituents is 1. The van der Waals surface area contributed by atoms with Gasteiger partial charge in [0.2, 0.25) is 5.91 Å². The van der Waals surface area contributed by atoms with Gasteiger partial charge in [-0.05, 0) is 36.3 Å². The number of anilines is 1.